The van der Waals surface area contributed by atoms with Crippen LogP contribution in [-0.2, 0) is 4.74 Å². The highest BCUT2D eigenvalue weighted by Gasteiger charge is 2.28. The lowest BCUT2D eigenvalue weighted by molar-refractivity contribution is 0.152. The van der Waals surface area contributed by atoms with Gasteiger partial charge in [-0.25, -0.2) is 4.79 Å². The van der Waals surface area contributed by atoms with Crippen molar-refractivity contribution in [3.05, 3.63) is 0 Å². The second kappa shape index (κ2) is 3.02. The van der Waals surface area contributed by atoms with Crippen molar-refractivity contribution in [2.75, 3.05) is 19.7 Å². The van der Waals surface area contributed by atoms with E-state index in [2.05, 4.69) is 6.07 Å². The fourth-order valence-corrected chi connectivity index (χ4v) is 1.08. The molecule has 1 amide bonds. The van der Waals surface area contributed by atoms with Crippen LogP contribution < -0.4 is 0 Å². The Balaban J connectivity index is 2.52. The average molecular weight is 168 g/mol. The van der Waals surface area contributed by atoms with E-state index in [1.165, 1.54) is 0 Å². The summed E-state index contributed by atoms with van der Waals surface area (Å²) in [5.41, 5.74) is -0.483. The summed E-state index contributed by atoms with van der Waals surface area (Å²) in [4.78, 5) is 12.5. The van der Waals surface area contributed by atoms with Crippen LogP contribution in [0.3, 0.4) is 0 Å². The van der Waals surface area contributed by atoms with Gasteiger partial charge in [0.1, 0.15) is 6.61 Å². The van der Waals surface area contributed by atoms with E-state index < -0.39 is 5.41 Å². The van der Waals surface area contributed by atoms with Crippen molar-refractivity contribution < 1.29 is 9.53 Å². The Morgan fingerprint density at radius 3 is 2.83 bits per heavy atom. The highest BCUT2D eigenvalue weighted by Crippen LogP contribution is 2.17. The van der Waals surface area contributed by atoms with E-state index in [0.29, 0.717) is 19.7 Å². The maximum Gasteiger partial charge on any atom is 0.409 e. The van der Waals surface area contributed by atoms with Gasteiger partial charge in [0.2, 0.25) is 0 Å². The molecule has 0 saturated carbocycles. The van der Waals surface area contributed by atoms with Crippen LogP contribution in [0.15, 0.2) is 0 Å². The minimum absolute atomic E-state index is 0.307. The molecule has 0 radical (unpaired) electrons. The number of carbonyl (C=O) groups is 1. The van der Waals surface area contributed by atoms with Gasteiger partial charge >= 0.3 is 6.09 Å². The van der Waals surface area contributed by atoms with Gasteiger partial charge in [-0.15, -0.1) is 0 Å². The molecule has 66 valence electrons. The van der Waals surface area contributed by atoms with Crippen LogP contribution in [0.1, 0.15) is 13.8 Å². The molecule has 0 aromatic rings. The van der Waals surface area contributed by atoms with Crippen molar-refractivity contribution in [1.29, 1.82) is 5.26 Å². The minimum atomic E-state index is -0.483. The minimum Gasteiger partial charge on any atom is -0.448 e. The molecule has 1 aliphatic heterocycles. The molecule has 0 aromatic heterocycles. The van der Waals surface area contributed by atoms with Crippen molar-refractivity contribution in [2.45, 2.75) is 13.8 Å². The number of carbonyl (C=O) groups excluding carboxylic acids is 1. The lowest BCUT2D eigenvalue weighted by Crippen LogP contribution is -2.34. The van der Waals surface area contributed by atoms with E-state index in [1.807, 2.05) is 0 Å². The Morgan fingerprint density at radius 1 is 1.75 bits per heavy atom. The van der Waals surface area contributed by atoms with Crippen LogP contribution in [-0.4, -0.2) is 30.7 Å². The fourth-order valence-electron chi connectivity index (χ4n) is 1.08. The number of hydrogen-bond acceptors (Lipinski definition) is 3. The largest absolute Gasteiger partial charge is 0.448 e. The lowest BCUT2D eigenvalue weighted by Gasteiger charge is -2.21. The standard InChI is InChI=1S/C8H12N2O2/c1-8(2,5-9)6-10-3-4-12-7(10)11/h3-4,6H2,1-2H3. The van der Waals surface area contributed by atoms with Crippen LogP contribution in [0, 0.1) is 16.7 Å². The first kappa shape index (κ1) is 8.85. The van der Waals surface area contributed by atoms with Crippen LogP contribution in [0.2, 0.25) is 0 Å². The van der Waals surface area contributed by atoms with Gasteiger partial charge in [-0.1, -0.05) is 0 Å². The zero-order chi connectivity index (χ0) is 9.19. The molecule has 0 bridgehead atoms. The Morgan fingerprint density at radius 2 is 2.42 bits per heavy atom. The normalized spacial score (nSPS) is 17.4. The van der Waals surface area contributed by atoms with Gasteiger partial charge in [-0.3, -0.25) is 0 Å². The van der Waals surface area contributed by atoms with Crippen molar-refractivity contribution in [1.82, 2.24) is 4.90 Å². The number of cyclic esters (lactones) is 1. The third-order valence-electron chi connectivity index (χ3n) is 1.73. The van der Waals surface area contributed by atoms with E-state index >= 15 is 0 Å². The Kier molecular flexibility index (Phi) is 2.22. The first-order valence-corrected chi connectivity index (χ1v) is 3.88. The molecule has 0 aromatic carbocycles. The number of ether oxygens (including phenoxy) is 1. The van der Waals surface area contributed by atoms with E-state index in [-0.39, 0.29) is 6.09 Å². The molecule has 1 rings (SSSR count). The van der Waals surface area contributed by atoms with Gasteiger partial charge < -0.3 is 9.64 Å². The van der Waals surface area contributed by atoms with Crippen molar-refractivity contribution in [3.63, 3.8) is 0 Å². The summed E-state index contributed by atoms with van der Waals surface area (Å²) in [6, 6.07) is 2.14. The summed E-state index contributed by atoms with van der Waals surface area (Å²) < 4.78 is 4.73. The number of nitrogens with zero attached hydrogens (tertiary/aromatic N) is 2. The van der Waals surface area contributed by atoms with E-state index in [0.717, 1.165) is 0 Å². The highest BCUT2D eigenvalue weighted by molar-refractivity contribution is 5.69. The Bertz CT molecular complexity index is 230. The first-order chi connectivity index (χ1) is 5.55. The predicted molar refractivity (Wildman–Crippen MR) is 42.3 cm³/mol. The molecule has 1 heterocycles. The second-order valence-electron chi connectivity index (χ2n) is 3.53. The molecule has 0 atom stereocenters. The van der Waals surface area contributed by atoms with Gasteiger partial charge in [0.15, 0.2) is 0 Å². The highest BCUT2D eigenvalue weighted by atomic mass is 16.6. The third kappa shape index (κ3) is 1.88. The van der Waals surface area contributed by atoms with Gasteiger partial charge in [-0.2, -0.15) is 5.26 Å². The van der Waals surface area contributed by atoms with Gasteiger partial charge in [0.05, 0.1) is 18.0 Å². The topological polar surface area (TPSA) is 53.3 Å². The van der Waals surface area contributed by atoms with Gasteiger partial charge in [-0.05, 0) is 13.8 Å². The van der Waals surface area contributed by atoms with Crippen LogP contribution >= 0.6 is 0 Å². The molecule has 4 nitrogen and oxygen atoms in total. The monoisotopic (exact) mass is 168 g/mol. The second-order valence-corrected chi connectivity index (χ2v) is 3.53. The quantitative estimate of drug-likeness (QED) is 0.617. The lowest BCUT2D eigenvalue weighted by atomic mass is 9.95. The molecule has 0 spiro atoms. The maximum atomic E-state index is 11.0. The molecule has 1 saturated heterocycles. The molecule has 1 aliphatic rings. The van der Waals surface area contributed by atoms with Crippen LogP contribution in [0.4, 0.5) is 4.79 Å². The van der Waals surface area contributed by atoms with E-state index in [1.54, 1.807) is 18.7 Å². The van der Waals surface area contributed by atoms with Gasteiger partial charge in [0.25, 0.3) is 0 Å². The molecule has 0 aliphatic carbocycles. The number of rotatable bonds is 2. The Labute approximate surface area is 71.7 Å². The maximum absolute atomic E-state index is 11.0. The average Bonchev–Trinajstić information content (AvgIpc) is 2.36. The van der Waals surface area contributed by atoms with Crippen molar-refractivity contribution >= 4 is 6.09 Å². The van der Waals surface area contributed by atoms with E-state index in [9.17, 15) is 4.79 Å². The fraction of sp³-hybridized carbons (Fsp3) is 0.750. The smallest absolute Gasteiger partial charge is 0.409 e. The molecule has 1 fully saturated rings. The molecule has 0 N–H and O–H groups in total. The van der Waals surface area contributed by atoms with E-state index in [4.69, 9.17) is 10.00 Å². The predicted octanol–water partition coefficient (Wildman–Crippen LogP) is 0.988. The first-order valence-electron chi connectivity index (χ1n) is 3.88. The summed E-state index contributed by atoms with van der Waals surface area (Å²) in [6.45, 7) is 5.10. The zero-order valence-electron chi connectivity index (χ0n) is 7.33. The number of hydrogen-bond donors (Lipinski definition) is 0. The summed E-state index contributed by atoms with van der Waals surface area (Å²) in [7, 11) is 0. The molecular formula is C8H12N2O2. The molecule has 4 heteroatoms. The summed E-state index contributed by atoms with van der Waals surface area (Å²) in [5.74, 6) is 0. The van der Waals surface area contributed by atoms with Gasteiger partial charge in [0, 0.05) is 6.54 Å². The summed E-state index contributed by atoms with van der Waals surface area (Å²) >= 11 is 0. The third-order valence-corrected chi connectivity index (χ3v) is 1.73. The van der Waals surface area contributed by atoms with Crippen LogP contribution in [0.25, 0.3) is 0 Å². The van der Waals surface area contributed by atoms with Crippen molar-refractivity contribution in [2.24, 2.45) is 5.41 Å². The van der Waals surface area contributed by atoms with Crippen molar-refractivity contribution in [3.8, 4) is 6.07 Å². The Hall–Kier alpha value is -1.24. The zero-order valence-corrected chi connectivity index (χ0v) is 7.33. The molecule has 12 heavy (non-hydrogen) atoms. The SMILES string of the molecule is CC(C)(C#N)CN1CCOC1=O. The molecule has 0 unspecified atom stereocenters. The number of nitriles is 1. The number of amides is 1. The van der Waals surface area contributed by atoms with Crippen LogP contribution in [0.5, 0.6) is 0 Å². The molecular weight excluding hydrogens is 156 g/mol. The summed E-state index contributed by atoms with van der Waals surface area (Å²) in [5, 5.41) is 8.71. The summed E-state index contributed by atoms with van der Waals surface area (Å²) in [6.07, 6.45) is -0.307.